The predicted octanol–water partition coefficient (Wildman–Crippen LogP) is 4.00. The van der Waals surface area contributed by atoms with Gasteiger partial charge in [0.1, 0.15) is 5.75 Å². The minimum Gasteiger partial charge on any atom is -0.437 e. The molecule has 5 heteroatoms. The van der Waals surface area contributed by atoms with Gasteiger partial charge in [-0.2, -0.15) is 0 Å². The Balaban J connectivity index is 1.51. The molecule has 1 aliphatic rings. The number of hydrogen-bond donors (Lipinski definition) is 0. The van der Waals surface area contributed by atoms with Crippen molar-refractivity contribution in [3.63, 3.8) is 0 Å². The molecule has 4 rings (SSSR count). The van der Waals surface area contributed by atoms with Crippen LogP contribution in [0.5, 0.6) is 11.6 Å². The Bertz CT molecular complexity index is 810. The quantitative estimate of drug-likeness (QED) is 0.707. The first-order chi connectivity index (χ1) is 12.4. The molecule has 1 saturated heterocycles. The molecule has 25 heavy (non-hydrogen) atoms. The summed E-state index contributed by atoms with van der Waals surface area (Å²) >= 11 is 0. The van der Waals surface area contributed by atoms with Crippen LogP contribution >= 0.6 is 0 Å². The Hall–Kier alpha value is -2.79. The van der Waals surface area contributed by atoms with Crippen molar-refractivity contribution in [2.75, 3.05) is 6.54 Å². The zero-order valence-corrected chi connectivity index (χ0v) is 14.0. The van der Waals surface area contributed by atoms with Gasteiger partial charge in [-0.1, -0.05) is 24.3 Å². The summed E-state index contributed by atoms with van der Waals surface area (Å²) in [6.45, 7) is 1.94. The molecule has 3 heterocycles. The van der Waals surface area contributed by atoms with E-state index in [0.717, 1.165) is 37.4 Å². The average molecular weight is 332 g/mol. The molecule has 3 aromatic rings. The van der Waals surface area contributed by atoms with Crippen LogP contribution < -0.4 is 4.74 Å². The molecule has 0 unspecified atom stereocenters. The Morgan fingerprint density at radius 1 is 1.00 bits per heavy atom. The van der Waals surface area contributed by atoms with Crippen molar-refractivity contribution in [1.29, 1.82) is 0 Å². The standard InChI is InChI=1S/C20H20N4O/c1-2-7-17(8-3-1)25-20-14-22-13-18(23-20)19-9-5-11-24(19)15-16-6-4-10-21-12-16/h1-4,6-8,10,12-14,19H,5,9,11,15H2/t19-/m0/s1. The zero-order valence-electron chi connectivity index (χ0n) is 14.0. The van der Waals surface area contributed by atoms with Crippen LogP contribution in [-0.2, 0) is 6.54 Å². The second-order valence-corrected chi connectivity index (χ2v) is 6.19. The fourth-order valence-corrected chi connectivity index (χ4v) is 3.26. The summed E-state index contributed by atoms with van der Waals surface area (Å²) in [5.74, 6) is 1.31. The monoisotopic (exact) mass is 332 g/mol. The Labute approximate surface area is 147 Å². The molecule has 0 N–H and O–H groups in total. The van der Waals surface area contributed by atoms with Crippen molar-refractivity contribution >= 4 is 0 Å². The van der Waals surface area contributed by atoms with Gasteiger partial charge in [0.25, 0.3) is 0 Å². The lowest BCUT2D eigenvalue weighted by Crippen LogP contribution is -2.23. The van der Waals surface area contributed by atoms with E-state index in [-0.39, 0.29) is 6.04 Å². The van der Waals surface area contributed by atoms with Gasteiger partial charge in [-0.3, -0.25) is 14.9 Å². The molecule has 0 amide bonds. The average Bonchev–Trinajstić information content (AvgIpc) is 3.12. The van der Waals surface area contributed by atoms with Crippen LogP contribution in [0.15, 0.2) is 67.3 Å². The van der Waals surface area contributed by atoms with E-state index in [9.17, 15) is 0 Å². The lowest BCUT2D eigenvalue weighted by molar-refractivity contribution is 0.242. The van der Waals surface area contributed by atoms with Crippen LogP contribution in [-0.4, -0.2) is 26.4 Å². The number of para-hydroxylation sites is 1. The number of ether oxygens (including phenoxy) is 1. The second-order valence-electron chi connectivity index (χ2n) is 6.19. The van der Waals surface area contributed by atoms with Crippen molar-refractivity contribution in [2.24, 2.45) is 0 Å². The van der Waals surface area contributed by atoms with E-state index in [2.05, 4.69) is 20.9 Å². The van der Waals surface area contributed by atoms with E-state index in [4.69, 9.17) is 9.72 Å². The zero-order chi connectivity index (χ0) is 16.9. The number of hydrogen-bond acceptors (Lipinski definition) is 5. The van der Waals surface area contributed by atoms with E-state index < -0.39 is 0 Å². The highest BCUT2D eigenvalue weighted by molar-refractivity contribution is 5.26. The minimum absolute atomic E-state index is 0.270. The number of rotatable bonds is 5. The van der Waals surface area contributed by atoms with Gasteiger partial charge in [-0.15, -0.1) is 0 Å². The van der Waals surface area contributed by atoms with Gasteiger partial charge >= 0.3 is 0 Å². The summed E-state index contributed by atoms with van der Waals surface area (Å²) in [7, 11) is 0. The van der Waals surface area contributed by atoms with Gasteiger partial charge in [-0.05, 0) is 43.1 Å². The number of benzene rings is 1. The topological polar surface area (TPSA) is 51.1 Å². The van der Waals surface area contributed by atoms with Crippen molar-refractivity contribution in [2.45, 2.75) is 25.4 Å². The van der Waals surface area contributed by atoms with Gasteiger partial charge < -0.3 is 4.74 Å². The highest BCUT2D eigenvalue weighted by atomic mass is 16.5. The van der Waals surface area contributed by atoms with Crippen molar-refractivity contribution in [1.82, 2.24) is 19.9 Å². The molecule has 1 atom stereocenters. The Kier molecular flexibility index (Phi) is 4.65. The van der Waals surface area contributed by atoms with Crippen LogP contribution in [0, 0.1) is 0 Å². The molecule has 0 radical (unpaired) electrons. The number of likely N-dealkylation sites (tertiary alicyclic amines) is 1. The van der Waals surface area contributed by atoms with E-state index in [0.29, 0.717) is 5.88 Å². The lowest BCUT2D eigenvalue weighted by Gasteiger charge is -2.23. The number of pyridine rings is 1. The first-order valence-corrected chi connectivity index (χ1v) is 8.56. The summed E-state index contributed by atoms with van der Waals surface area (Å²) in [4.78, 5) is 15.7. The lowest BCUT2D eigenvalue weighted by atomic mass is 10.1. The molecule has 0 bridgehead atoms. The third-order valence-electron chi connectivity index (χ3n) is 4.41. The number of aromatic nitrogens is 3. The molecule has 0 aliphatic carbocycles. The largest absolute Gasteiger partial charge is 0.437 e. The minimum atomic E-state index is 0.270. The second kappa shape index (κ2) is 7.40. The van der Waals surface area contributed by atoms with E-state index in [1.165, 1.54) is 5.56 Å². The Morgan fingerprint density at radius 2 is 1.92 bits per heavy atom. The highest BCUT2D eigenvalue weighted by Crippen LogP contribution is 2.32. The SMILES string of the molecule is c1ccc(Oc2cncc([C@@H]3CCCN3Cc3cccnc3)n2)cc1. The van der Waals surface area contributed by atoms with Crippen LogP contribution in [0.2, 0.25) is 0 Å². The predicted molar refractivity (Wildman–Crippen MR) is 95.2 cm³/mol. The van der Waals surface area contributed by atoms with Crippen LogP contribution in [0.25, 0.3) is 0 Å². The first-order valence-electron chi connectivity index (χ1n) is 8.56. The van der Waals surface area contributed by atoms with E-state index >= 15 is 0 Å². The first kappa shape index (κ1) is 15.7. The molecule has 2 aromatic heterocycles. The maximum atomic E-state index is 5.83. The molecule has 126 valence electrons. The molecule has 1 aliphatic heterocycles. The van der Waals surface area contributed by atoms with Gasteiger partial charge in [0.2, 0.25) is 5.88 Å². The molecule has 1 fully saturated rings. The molecule has 1 aromatic carbocycles. The summed E-state index contributed by atoms with van der Waals surface area (Å²) in [5.41, 5.74) is 2.19. The van der Waals surface area contributed by atoms with Crippen molar-refractivity contribution < 1.29 is 4.74 Å². The molecule has 0 saturated carbocycles. The molecule has 0 spiro atoms. The summed E-state index contributed by atoms with van der Waals surface area (Å²) in [6, 6.07) is 14.0. The van der Waals surface area contributed by atoms with Crippen LogP contribution in [0.1, 0.15) is 30.1 Å². The summed E-state index contributed by atoms with van der Waals surface area (Å²) in [5, 5.41) is 0. The summed E-state index contributed by atoms with van der Waals surface area (Å²) in [6.07, 6.45) is 9.50. The fraction of sp³-hybridized carbons (Fsp3) is 0.250. The molecule has 5 nitrogen and oxygen atoms in total. The van der Waals surface area contributed by atoms with Gasteiger partial charge in [-0.25, -0.2) is 4.98 Å². The fourth-order valence-electron chi connectivity index (χ4n) is 3.26. The highest BCUT2D eigenvalue weighted by Gasteiger charge is 2.27. The third kappa shape index (κ3) is 3.83. The maximum absolute atomic E-state index is 5.83. The van der Waals surface area contributed by atoms with Crippen molar-refractivity contribution in [3.8, 4) is 11.6 Å². The molecular weight excluding hydrogens is 312 g/mol. The van der Waals surface area contributed by atoms with E-state index in [1.807, 2.05) is 48.8 Å². The van der Waals surface area contributed by atoms with Crippen LogP contribution in [0.4, 0.5) is 0 Å². The van der Waals surface area contributed by atoms with Gasteiger partial charge in [0.05, 0.1) is 24.1 Å². The van der Waals surface area contributed by atoms with Gasteiger partial charge in [0.15, 0.2) is 0 Å². The number of nitrogens with zero attached hydrogens (tertiary/aromatic N) is 4. The van der Waals surface area contributed by atoms with Crippen molar-refractivity contribution in [3.05, 3.63) is 78.5 Å². The normalized spacial score (nSPS) is 17.5. The smallest absolute Gasteiger partial charge is 0.238 e. The van der Waals surface area contributed by atoms with E-state index in [1.54, 1.807) is 12.4 Å². The van der Waals surface area contributed by atoms with Crippen LogP contribution in [0.3, 0.4) is 0 Å². The molecular formula is C20H20N4O. The summed E-state index contributed by atoms with van der Waals surface area (Å²) < 4.78 is 5.83. The van der Waals surface area contributed by atoms with Gasteiger partial charge in [0, 0.05) is 18.9 Å². The third-order valence-corrected chi connectivity index (χ3v) is 4.41. The Morgan fingerprint density at radius 3 is 2.76 bits per heavy atom. The maximum Gasteiger partial charge on any atom is 0.238 e.